The van der Waals surface area contributed by atoms with Crippen LogP contribution in [0.3, 0.4) is 0 Å². The Morgan fingerprint density at radius 2 is 2.25 bits per heavy atom. The topological polar surface area (TPSA) is 78.4 Å². The minimum atomic E-state index is -0.742. The minimum Gasteiger partial charge on any atom is -0.481 e. The molecule has 1 rings (SSSR count). The SMILES string of the molecule is CCC(CCNC(=O)CC1CSCCN1)CCC(=O)O. The molecule has 0 aliphatic carbocycles. The predicted molar refractivity (Wildman–Crippen MR) is 82.0 cm³/mol. The minimum absolute atomic E-state index is 0.0955. The number of thioether (sulfide) groups is 1. The highest BCUT2D eigenvalue weighted by Crippen LogP contribution is 2.15. The first-order chi connectivity index (χ1) is 9.61. The summed E-state index contributed by atoms with van der Waals surface area (Å²) in [7, 11) is 0. The van der Waals surface area contributed by atoms with E-state index in [1.165, 1.54) is 0 Å². The average Bonchev–Trinajstić information content (AvgIpc) is 2.43. The van der Waals surface area contributed by atoms with E-state index in [0.29, 0.717) is 31.3 Å². The maximum atomic E-state index is 11.8. The highest BCUT2D eigenvalue weighted by Gasteiger charge is 2.16. The van der Waals surface area contributed by atoms with E-state index in [0.717, 1.165) is 30.9 Å². The molecule has 2 unspecified atom stereocenters. The van der Waals surface area contributed by atoms with Gasteiger partial charge in [-0.25, -0.2) is 0 Å². The molecular weight excluding hydrogens is 276 g/mol. The van der Waals surface area contributed by atoms with Crippen molar-refractivity contribution in [2.45, 2.75) is 45.1 Å². The van der Waals surface area contributed by atoms with E-state index in [1.54, 1.807) is 0 Å². The number of amides is 1. The van der Waals surface area contributed by atoms with Crippen LogP contribution in [0.25, 0.3) is 0 Å². The number of carbonyl (C=O) groups is 2. The second-order valence-electron chi connectivity index (χ2n) is 5.28. The van der Waals surface area contributed by atoms with Gasteiger partial charge in [-0.15, -0.1) is 0 Å². The standard InChI is InChI=1S/C14H26N2O3S/c1-2-11(3-4-14(18)19)5-6-16-13(17)9-12-10-20-8-7-15-12/h11-12,15H,2-10H2,1H3,(H,16,17)(H,18,19). The van der Waals surface area contributed by atoms with Crippen LogP contribution in [0, 0.1) is 5.92 Å². The summed E-state index contributed by atoms with van der Waals surface area (Å²) in [5, 5.41) is 15.0. The Bertz CT molecular complexity index is 307. The van der Waals surface area contributed by atoms with Gasteiger partial charge in [-0.1, -0.05) is 13.3 Å². The van der Waals surface area contributed by atoms with Crippen LogP contribution in [-0.2, 0) is 9.59 Å². The number of carboxylic acid groups (broad SMARTS) is 1. The van der Waals surface area contributed by atoms with Gasteiger partial charge in [0.25, 0.3) is 0 Å². The summed E-state index contributed by atoms with van der Waals surface area (Å²) in [4.78, 5) is 22.3. The smallest absolute Gasteiger partial charge is 0.303 e. The van der Waals surface area contributed by atoms with Crippen molar-refractivity contribution < 1.29 is 14.7 Å². The van der Waals surface area contributed by atoms with Crippen molar-refractivity contribution in [1.29, 1.82) is 0 Å². The molecule has 0 bridgehead atoms. The summed E-state index contributed by atoms with van der Waals surface area (Å²) in [6.07, 6.45) is 3.28. The Hall–Kier alpha value is -0.750. The van der Waals surface area contributed by atoms with Crippen molar-refractivity contribution >= 4 is 23.6 Å². The van der Waals surface area contributed by atoms with Crippen LogP contribution < -0.4 is 10.6 Å². The van der Waals surface area contributed by atoms with Crippen molar-refractivity contribution in [2.75, 3.05) is 24.6 Å². The molecule has 1 aliphatic rings. The lowest BCUT2D eigenvalue weighted by Gasteiger charge is -2.22. The van der Waals surface area contributed by atoms with E-state index in [9.17, 15) is 9.59 Å². The van der Waals surface area contributed by atoms with Gasteiger partial charge in [-0.3, -0.25) is 9.59 Å². The lowest BCUT2D eigenvalue weighted by Crippen LogP contribution is -2.41. The van der Waals surface area contributed by atoms with Crippen LogP contribution in [0.5, 0.6) is 0 Å². The van der Waals surface area contributed by atoms with E-state index >= 15 is 0 Å². The van der Waals surface area contributed by atoms with Gasteiger partial charge in [0, 0.05) is 43.5 Å². The molecule has 1 aliphatic heterocycles. The predicted octanol–water partition coefficient (Wildman–Crippen LogP) is 1.48. The highest BCUT2D eigenvalue weighted by atomic mass is 32.2. The lowest BCUT2D eigenvalue weighted by molar-refractivity contribution is -0.137. The highest BCUT2D eigenvalue weighted by molar-refractivity contribution is 7.99. The molecule has 0 spiro atoms. The first-order valence-electron chi connectivity index (χ1n) is 7.41. The maximum Gasteiger partial charge on any atom is 0.303 e. The van der Waals surface area contributed by atoms with Gasteiger partial charge < -0.3 is 15.7 Å². The Morgan fingerprint density at radius 1 is 1.45 bits per heavy atom. The largest absolute Gasteiger partial charge is 0.481 e. The molecule has 20 heavy (non-hydrogen) atoms. The number of carboxylic acids is 1. The monoisotopic (exact) mass is 302 g/mol. The van der Waals surface area contributed by atoms with Gasteiger partial charge in [0.05, 0.1) is 0 Å². The van der Waals surface area contributed by atoms with E-state index in [-0.39, 0.29) is 12.3 Å². The molecule has 116 valence electrons. The molecule has 2 atom stereocenters. The molecule has 5 nitrogen and oxygen atoms in total. The molecule has 1 amide bonds. The van der Waals surface area contributed by atoms with Gasteiger partial charge in [-0.05, 0) is 18.8 Å². The van der Waals surface area contributed by atoms with Gasteiger partial charge in [0.15, 0.2) is 0 Å². The third-order valence-electron chi connectivity index (χ3n) is 3.65. The van der Waals surface area contributed by atoms with Gasteiger partial charge in [-0.2, -0.15) is 11.8 Å². The maximum absolute atomic E-state index is 11.8. The number of nitrogens with one attached hydrogen (secondary N) is 2. The zero-order chi connectivity index (χ0) is 14.8. The van der Waals surface area contributed by atoms with Crippen LogP contribution >= 0.6 is 11.8 Å². The summed E-state index contributed by atoms with van der Waals surface area (Å²) in [5.74, 6) is 1.87. The number of carbonyl (C=O) groups excluding carboxylic acids is 1. The first kappa shape index (κ1) is 17.3. The van der Waals surface area contributed by atoms with Crippen molar-refractivity contribution in [3.63, 3.8) is 0 Å². The van der Waals surface area contributed by atoms with Crippen LogP contribution in [0.2, 0.25) is 0 Å². The average molecular weight is 302 g/mol. The third kappa shape index (κ3) is 7.75. The number of hydrogen-bond acceptors (Lipinski definition) is 4. The van der Waals surface area contributed by atoms with Crippen molar-refractivity contribution in [3.8, 4) is 0 Å². The fourth-order valence-electron chi connectivity index (χ4n) is 2.34. The molecule has 0 aromatic rings. The number of aliphatic carboxylic acids is 1. The van der Waals surface area contributed by atoms with E-state index in [4.69, 9.17) is 5.11 Å². The molecule has 1 saturated heterocycles. The Balaban J connectivity index is 2.11. The van der Waals surface area contributed by atoms with Gasteiger partial charge >= 0.3 is 5.97 Å². The lowest BCUT2D eigenvalue weighted by atomic mass is 9.96. The Morgan fingerprint density at radius 3 is 2.85 bits per heavy atom. The van der Waals surface area contributed by atoms with Crippen molar-refractivity contribution in [2.24, 2.45) is 5.92 Å². The summed E-state index contributed by atoms with van der Waals surface area (Å²) >= 11 is 1.89. The zero-order valence-electron chi connectivity index (χ0n) is 12.2. The molecular formula is C14H26N2O3S. The molecule has 0 saturated carbocycles. The fourth-order valence-corrected chi connectivity index (χ4v) is 3.29. The normalized spacial score (nSPS) is 20.4. The summed E-state index contributed by atoms with van der Waals surface area (Å²) < 4.78 is 0. The third-order valence-corrected chi connectivity index (χ3v) is 4.78. The van der Waals surface area contributed by atoms with E-state index in [1.807, 2.05) is 11.8 Å². The van der Waals surface area contributed by atoms with E-state index in [2.05, 4.69) is 17.6 Å². The number of rotatable bonds is 9. The van der Waals surface area contributed by atoms with Crippen LogP contribution in [0.4, 0.5) is 0 Å². The fraction of sp³-hybridized carbons (Fsp3) is 0.857. The summed E-state index contributed by atoms with van der Waals surface area (Å²) in [6, 6.07) is 0.294. The van der Waals surface area contributed by atoms with Crippen LogP contribution in [0.15, 0.2) is 0 Å². The first-order valence-corrected chi connectivity index (χ1v) is 8.57. The summed E-state index contributed by atoms with van der Waals surface area (Å²) in [5.41, 5.74) is 0. The molecule has 0 radical (unpaired) electrons. The van der Waals surface area contributed by atoms with Gasteiger partial charge in [0.1, 0.15) is 0 Å². The van der Waals surface area contributed by atoms with Crippen molar-refractivity contribution in [1.82, 2.24) is 10.6 Å². The molecule has 0 aromatic carbocycles. The second-order valence-corrected chi connectivity index (χ2v) is 6.43. The quantitative estimate of drug-likeness (QED) is 0.601. The molecule has 6 heteroatoms. The van der Waals surface area contributed by atoms with Crippen LogP contribution in [0.1, 0.15) is 39.0 Å². The van der Waals surface area contributed by atoms with E-state index < -0.39 is 5.97 Å². The second kappa shape index (κ2) is 10.0. The Labute approximate surface area is 125 Å². The van der Waals surface area contributed by atoms with Crippen LogP contribution in [-0.4, -0.2) is 47.6 Å². The number of hydrogen-bond donors (Lipinski definition) is 3. The summed E-state index contributed by atoms with van der Waals surface area (Å²) in [6.45, 7) is 3.70. The zero-order valence-corrected chi connectivity index (χ0v) is 13.0. The molecule has 1 heterocycles. The molecule has 1 fully saturated rings. The van der Waals surface area contributed by atoms with Gasteiger partial charge in [0.2, 0.25) is 5.91 Å². The van der Waals surface area contributed by atoms with Crippen molar-refractivity contribution in [3.05, 3.63) is 0 Å². The molecule has 0 aromatic heterocycles. The Kier molecular flexibility index (Phi) is 8.69. The molecule has 3 N–H and O–H groups in total.